The highest BCUT2D eigenvalue weighted by atomic mass is 19.4. The Kier molecular flexibility index (Phi) is 4.46. The number of anilines is 1. The first-order valence-electron chi connectivity index (χ1n) is 7.65. The number of rotatable bonds is 3. The minimum Gasteiger partial charge on any atom is -0.406 e. The topological polar surface area (TPSA) is 29.5 Å². The predicted octanol–water partition coefficient (Wildman–Crippen LogP) is 4.11. The van der Waals surface area contributed by atoms with Gasteiger partial charge in [-0.2, -0.15) is 0 Å². The quantitative estimate of drug-likeness (QED) is 0.845. The second kappa shape index (κ2) is 6.55. The van der Waals surface area contributed by atoms with Crippen molar-refractivity contribution >= 4 is 11.6 Å². The lowest BCUT2D eigenvalue weighted by molar-refractivity contribution is -0.274. The average Bonchev–Trinajstić information content (AvgIpc) is 2.53. The van der Waals surface area contributed by atoms with Gasteiger partial charge in [0.1, 0.15) is 5.75 Å². The van der Waals surface area contributed by atoms with E-state index in [1.807, 2.05) is 30.3 Å². The maximum absolute atomic E-state index is 12.6. The lowest BCUT2D eigenvalue weighted by Gasteiger charge is -2.30. The largest absolute Gasteiger partial charge is 0.573 e. The average molecular weight is 335 g/mol. The molecule has 2 aromatic carbocycles. The van der Waals surface area contributed by atoms with E-state index < -0.39 is 6.36 Å². The number of ether oxygens (including phenoxy) is 1. The van der Waals surface area contributed by atoms with Gasteiger partial charge in [-0.05, 0) is 42.2 Å². The molecule has 0 unspecified atom stereocenters. The Labute approximate surface area is 137 Å². The summed E-state index contributed by atoms with van der Waals surface area (Å²) in [7, 11) is 0. The number of hydrogen-bond acceptors (Lipinski definition) is 2. The van der Waals surface area contributed by atoms with Crippen molar-refractivity contribution in [3.8, 4) is 5.75 Å². The SMILES string of the molecule is O=C(Cc1ccccc1)N1CCCc2cc(OC(F)(F)F)ccc21. The standard InChI is InChI=1S/C18H16F3NO2/c19-18(20,21)24-15-8-9-16-14(12-15)7-4-10-22(16)17(23)11-13-5-2-1-3-6-13/h1-3,5-6,8-9,12H,4,7,10-11H2. The highest BCUT2D eigenvalue weighted by Gasteiger charge is 2.32. The van der Waals surface area contributed by atoms with Crippen molar-refractivity contribution in [1.29, 1.82) is 0 Å². The fourth-order valence-electron chi connectivity index (χ4n) is 2.90. The number of benzene rings is 2. The normalized spacial score (nSPS) is 14.2. The molecule has 2 aromatic rings. The molecule has 0 N–H and O–H groups in total. The molecule has 1 amide bonds. The van der Waals surface area contributed by atoms with Crippen molar-refractivity contribution in [2.45, 2.75) is 25.6 Å². The van der Waals surface area contributed by atoms with Gasteiger partial charge < -0.3 is 9.64 Å². The molecule has 0 saturated heterocycles. The van der Waals surface area contributed by atoms with Crippen LogP contribution in [0, 0.1) is 0 Å². The summed E-state index contributed by atoms with van der Waals surface area (Å²) in [6.07, 6.45) is -3.12. The van der Waals surface area contributed by atoms with Crippen LogP contribution in [0.3, 0.4) is 0 Å². The third-order valence-electron chi connectivity index (χ3n) is 3.90. The minimum atomic E-state index is -4.72. The summed E-state index contributed by atoms with van der Waals surface area (Å²) in [5, 5.41) is 0. The van der Waals surface area contributed by atoms with E-state index in [1.54, 1.807) is 4.90 Å². The molecule has 0 radical (unpaired) electrons. The van der Waals surface area contributed by atoms with Crippen molar-refractivity contribution in [3.05, 3.63) is 59.7 Å². The number of alkyl halides is 3. The van der Waals surface area contributed by atoms with E-state index >= 15 is 0 Å². The van der Waals surface area contributed by atoms with Crippen LogP contribution in [0.4, 0.5) is 18.9 Å². The van der Waals surface area contributed by atoms with E-state index in [2.05, 4.69) is 4.74 Å². The van der Waals surface area contributed by atoms with Crippen molar-refractivity contribution in [2.75, 3.05) is 11.4 Å². The molecule has 1 aliphatic rings. The predicted molar refractivity (Wildman–Crippen MR) is 83.9 cm³/mol. The van der Waals surface area contributed by atoms with Crippen LogP contribution in [-0.2, 0) is 17.6 Å². The van der Waals surface area contributed by atoms with Crippen molar-refractivity contribution in [1.82, 2.24) is 0 Å². The number of nitrogens with zero attached hydrogens (tertiary/aromatic N) is 1. The van der Waals surface area contributed by atoms with E-state index in [-0.39, 0.29) is 18.1 Å². The Morgan fingerprint density at radius 2 is 1.88 bits per heavy atom. The maximum atomic E-state index is 12.6. The summed E-state index contributed by atoms with van der Waals surface area (Å²) in [5.41, 5.74) is 2.27. The number of carbonyl (C=O) groups excluding carboxylic acids is 1. The number of fused-ring (bicyclic) bond motifs is 1. The number of amides is 1. The highest BCUT2D eigenvalue weighted by molar-refractivity contribution is 5.96. The van der Waals surface area contributed by atoms with Crippen LogP contribution in [0.15, 0.2) is 48.5 Å². The van der Waals surface area contributed by atoms with Gasteiger partial charge in [-0.3, -0.25) is 4.79 Å². The summed E-state index contributed by atoms with van der Waals surface area (Å²) in [6.45, 7) is 0.568. The first-order valence-corrected chi connectivity index (χ1v) is 7.65. The van der Waals surface area contributed by atoms with Crippen LogP contribution < -0.4 is 9.64 Å². The van der Waals surface area contributed by atoms with Crippen LogP contribution >= 0.6 is 0 Å². The summed E-state index contributed by atoms with van der Waals surface area (Å²) in [6, 6.07) is 13.5. The fourth-order valence-corrected chi connectivity index (χ4v) is 2.90. The van der Waals surface area contributed by atoms with Crippen molar-refractivity contribution in [2.24, 2.45) is 0 Å². The lowest BCUT2D eigenvalue weighted by Crippen LogP contribution is -2.36. The second-order valence-electron chi connectivity index (χ2n) is 5.65. The number of aryl methyl sites for hydroxylation is 1. The molecule has 6 heteroatoms. The molecule has 3 rings (SSSR count). The Balaban J connectivity index is 1.80. The van der Waals surface area contributed by atoms with Crippen LogP contribution in [0.5, 0.6) is 5.75 Å². The molecule has 126 valence electrons. The second-order valence-corrected chi connectivity index (χ2v) is 5.65. The van der Waals surface area contributed by atoms with Gasteiger partial charge in [0.25, 0.3) is 0 Å². The monoisotopic (exact) mass is 335 g/mol. The Bertz CT molecular complexity index is 729. The van der Waals surface area contributed by atoms with E-state index in [1.165, 1.54) is 18.2 Å². The zero-order valence-corrected chi connectivity index (χ0v) is 12.8. The lowest BCUT2D eigenvalue weighted by atomic mass is 10.0. The molecule has 0 saturated carbocycles. The molecule has 0 atom stereocenters. The zero-order chi connectivity index (χ0) is 17.2. The first-order chi connectivity index (χ1) is 11.4. The van der Waals surface area contributed by atoms with Gasteiger partial charge in [-0.1, -0.05) is 30.3 Å². The summed E-state index contributed by atoms with van der Waals surface area (Å²) in [5.74, 6) is -0.315. The van der Waals surface area contributed by atoms with Crippen LogP contribution in [0.1, 0.15) is 17.5 Å². The van der Waals surface area contributed by atoms with Gasteiger partial charge in [0.15, 0.2) is 0 Å². The number of halogens is 3. The smallest absolute Gasteiger partial charge is 0.406 e. The molecule has 3 nitrogen and oxygen atoms in total. The maximum Gasteiger partial charge on any atom is 0.573 e. The van der Waals surface area contributed by atoms with Crippen LogP contribution in [0.2, 0.25) is 0 Å². The van der Waals surface area contributed by atoms with E-state index in [0.29, 0.717) is 30.6 Å². The first kappa shape index (κ1) is 16.4. The summed E-state index contributed by atoms with van der Waals surface area (Å²) < 4.78 is 41.0. The van der Waals surface area contributed by atoms with Gasteiger partial charge in [-0.25, -0.2) is 0 Å². The zero-order valence-electron chi connectivity index (χ0n) is 12.8. The Hall–Kier alpha value is -2.50. The Morgan fingerprint density at radius 1 is 1.12 bits per heavy atom. The molecule has 24 heavy (non-hydrogen) atoms. The molecular weight excluding hydrogens is 319 g/mol. The molecule has 1 aliphatic heterocycles. The van der Waals surface area contributed by atoms with E-state index in [9.17, 15) is 18.0 Å². The molecular formula is C18H16F3NO2. The van der Waals surface area contributed by atoms with Gasteiger partial charge in [-0.15, -0.1) is 13.2 Å². The van der Waals surface area contributed by atoms with Gasteiger partial charge in [0.05, 0.1) is 6.42 Å². The molecule has 0 spiro atoms. The molecule has 1 heterocycles. The van der Waals surface area contributed by atoms with Gasteiger partial charge >= 0.3 is 6.36 Å². The van der Waals surface area contributed by atoms with Gasteiger partial charge in [0.2, 0.25) is 5.91 Å². The number of hydrogen-bond donors (Lipinski definition) is 0. The van der Waals surface area contributed by atoms with Crippen LogP contribution in [-0.4, -0.2) is 18.8 Å². The molecule has 0 aliphatic carbocycles. The fraction of sp³-hybridized carbons (Fsp3) is 0.278. The number of carbonyl (C=O) groups is 1. The molecule has 0 aromatic heterocycles. The van der Waals surface area contributed by atoms with Gasteiger partial charge in [0, 0.05) is 12.2 Å². The van der Waals surface area contributed by atoms with Crippen molar-refractivity contribution < 1.29 is 22.7 Å². The van der Waals surface area contributed by atoms with Crippen molar-refractivity contribution in [3.63, 3.8) is 0 Å². The Morgan fingerprint density at radius 3 is 2.58 bits per heavy atom. The summed E-state index contributed by atoms with van der Waals surface area (Å²) >= 11 is 0. The minimum absolute atomic E-state index is 0.0633. The summed E-state index contributed by atoms with van der Waals surface area (Å²) in [4.78, 5) is 14.2. The van der Waals surface area contributed by atoms with Crippen LogP contribution in [0.25, 0.3) is 0 Å². The highest BCUT2D eigenvalue weighted by Crippen LogP contribution is 2.33. The van der Waals surface area contributed by atoms with E-state index in [4.69, 9.17) is 0 Å². The van der Waals surface area contributed by atoms with E-state index in [0.717, 1.165) is 5.56 Å². The molecule has 0 fully saturated rings. The molecule has 0 bridgehead atoms. The third-order valence-corrected chi connectivity index (χ3v) is 3.90. The third kappa shape index (κ3) is 3.88.